The van der Waals surface area contributed by atoms with Crippen molar-refractivity contribution in [3.63, 3.8) is 0 Å². The summed E-state index contributed by atoms with van der Waals surface area (Å²) in [5.74, 6) is -2.03. The quantitative estimate of drug-likeness (QED) is 0.261. The Hall–Kier alpha value is -4.06. The number of esters is 1. The number of carbonyl (C=O) groups is 3. The van der Waals surface area contributed by atoms with E-state index in [1.54, 1.807) is 30.3 Å². The van der Waals surface area contributed by atoms with E-state index in [2.05, 4.69) is 5.32 Å². The Bertz CT molecular complexity index is 1170. The van der Waals surface area contributed by atoms with E-state index in [4.69, 9.17) is 9.47 Å². The maximum Gasteiger partial charge on any atom is 0.359 e. The second-order valence-electron chi connectivity index (χ2n) is 7.40. The lowest BCUT2D eigenvalue weighted by atomic mass is 10.1. The molecule has 4 rings (SSSR count). The molecule has 3 atom stereocenters. The van der Waals surface area contributed by atoms with Crippen LogP contribution in [0.1, 0.15) is 12.5 Å². The largest absolute Gasteiger partial charge is 0.507 e. The number of thioether (sulfide) groups is 1. The number of hydrogen-bond donors (Lipinski definition) is 2. The fraction of sp³-hybridized carbons (Fsp3) is 0.227. The summed E-state index contributed by atoms with van der Waals surface area (Å²) in [5, 5.41) is 22.3. The van der Waals surface area contributed by atoms with Crippen molar-refractivity contribution in [2.24, 2.45) is 0 Å². The molecule has 0 radical (unpaired) electrons. The minimum Gasteiger partial charge on any atom is -0.507 e. The third kappa shape index (κ3) is 4.53. The van der Waals surface area contributed by atoms with Crippen molar-refractivity contribution in [1.82, 2.24) is 10.2 Å². The van der Waals surface area contributed by atoms with Gasteiger partial charge in [-0.05, 0) is 29.8 Å². The SMILES string of the molecule is CC(=O)NC1S[C@@H]2C(Oc3ccccc3)C(=O)N2C(C(=O)OCc2ccc([N+](=O)[O-])cc2)=C1O. The van der Waals surface area contributed by atoms with Gasteiger partial charge in [0.15, 0.2) is 11.5 Å². The second-order valence-corrected chi connectivity index (χ2v) is 8.63. The highest BCUT2D eigenvalue weighted by Gasteiger charge is 2.58. The number of nitro groups is 1. The van der Waals surface area contributed by atoms with E-state index in [0.29, 0.717) is 11.3 Å². The van der Waals surface area contributed by atoms with Gasteiger partial charge in [0.25, 0.3) is 11.6 Å². The number of para-hydroxylation sites is 1. The first-order valence-corrected chi connectivity index (χ1v) is 11.0. The average Bonchev–Trinajstić information content (AvgIpc) is 2.82. The molecule has 2 unspecified atom stereocenters. The summed E-state index contributed by atoms with van der Waals surface area (Å²) in [7, 11) is 0. The molecule has 34 heavy (non-hydrogen) atoms. The Labute approximate surface area is 197 Å². The number of β-lactam (4-membered cyclic amide) rings is 1. The Kier molecular flexibility index (Phi) is 6.41. The lowest BCUT2D eigenvalue weighted by molar-refractivity contribution is -0.384. The minimum atomic E-state index is -0.990. The molecule has 12 heteroatoms. The van der Waals surface area contributed by atoms with E-state index >= 15 is 0 Å². The van der Waals surface area contributed by atoms with Gasteiger partial charge in [-0.2, -0.15) is 0 Å². The predicted octanol–water partition coefficient (Wildman–Crippen LogP) is 2.23. The Morgan fingerprint density at radius 1 is 1.18 bits per heavy atom. The Morgan fingerprint density at radius 3 is 2.47 bits per heavy atom. The van der Waals surface area contributed by atoms with Gasteiger partial charge in [-0.25, -0.2) is 4.79 Å². The first-order valence-electron chi connectivity index (χ1n) is 10.1. The topological polar surface area (TPSA) is 148 Å². The van der Waals surface area contributed by atoms with Gasteiger partial charge in [0.2, 0.25) is 12.0 Å². The number of non-ortho nitro benzene ring substituents is 1. The maximum absolute atomic E-state index is 12.9. The third-order valence-electron chi connectivity index (χ3n) is 5.05. The smallest absolute Gasteiger partial charge is 0.359 e. The van der Waals surface area contributed by atoms with E-state index < -0.39 is 45.3 Å². The number of fused-ring (bicyclic) bond motifs is 1. The summed E-state index contributed by atoms with van der Waals surface area (Å²) in [6, 6.07) is 14.0. The predicted molar refractivity (Wildman–Crippen MR) is 119 cm³/mol. The van der Waals surface area contributed by atoms with Crippen LogP contribution in [0.5, 0.6) is 5.75 Å². The molecule has 2 aromatic rings. The number of benzene rings is 2. The van der Waals surface area contributed by atoms with Crippen molar-refractivity contribution >= 4 is 35.2 Å². The zero-order valence-corrected chi connectivity index (χ0v) is 18.6. The molecule has 2 aliphatic rings. The van der Waals surface area contributed by atoms with Crippen LogP contribution < -0.4 is 10.1 Å². The van der Waals surface area contributed by atoms with Crippen LogP contribution >= 0.6 is 11.8 Å². The average molecular weight is 485 g/mol. The number of amides is 2. The number of aliphatic hydroxyl groups is 1. The van der Waals surface area contributed by atoms with E-state index in [-0.39, 0.29) is 18.0 Å². The van der Waals surface area contributed by atoms with Crippen molar-refractivity contribution in [3.8, 4) is 5.75 Å². The lowest BCUT2D eigenvalue weighted by Gasteiger charge is -2.49. The zero-order chi connectivity index (χ0) is 24.4. The van der Waals surface area contributed by atoms with Crippen LogP contribution in [0.3, 0.4) is 0 Å². The summed E-state index contributed by atoms with van der Waals surface area (Å²) in [5.41, 5.74) is -0.0295. The first kappa shape index (κ1) is 23.1. The van der Waals surface area contributed by atoms with Crippen LogP contribution in [0.15, 0.2) is 66.1 Å². The fourth-order valence-corrected chi connectivity index (χ4v) is 4.83. The maximum atomic E-state index is 12.9. The van der Waals surface area contributed by atoms with E-state index in [0.717, 1.165) is 16.7 Å². The van der Waals surface area contributed by atoms with Crippen LogP contribution in [0.25, 0.3) is 0 Å². The summed E-state index contributed by atoms with van der Waals surface area (Å²) >= 11 is 1.06. The van der Waals surface area contributed by atoms with Gasteiger partial charge in [0.1, 0.15) is 23.1 Å². The Morgan fingerprint density at radius 2 is 1.85 bits per heavy atom. The molecule has 11 nitrogen and oxygen atoms in total. The number of nitrogens with zero attached hydrogens (tertiary/aromatic N) is 2. The summed E-state index contributed by atoms with van der Waals surface area (Å²) in [6.45, 7) is 1.01. The van der Waals surface area contributed by atoms with Gasteiger partial charge in [-0.3, -0.25) is 24.6 Å². The highest BCUT2D eigenvalue weighted by atomic mass is 32.2. The number of hydrogen-bond acceptors (Lipinski definition) is 9. The van der Waals surface area contributed by atoms with E-state index in [9.17, 15) is 29.6 Å². The van der Waals surface area contributed by atoms with E-state index in [1.807, 2.05) is 0 Å². The van der Waals surface area contributed by atoms with Crippen molar-refractivity contribution in [2.45, 2.75) is 30.4 Å². The first-order chi connectivity index (χ1) is 16.3. The number of rotatable bonds is 7. The third-order valence-corrected chi connectivity index (χ3v) is 6.40. The van der Waals surface area contributed by atoms with Gasteiger partial charge in [0, 0.05) is 19.1 Å². The second kappa shape index (κ2) is 9.43. The molecule has 0 aliphatic carbocycles. The van der Waals surface area contributed by atoms with Crippen molar-refractivity contribution in [1.29, 1.82) is 0 Å². The number of carbonyl (C=O) groups excluding carboxylic acids is 3. The Balaban J connectivity index is 1.53. The van der Waals surface area contributed by atoms with Crippen molar-refractivity contribution in [2.75, 3.05) is 0 Å². The van der Waals surface area contributed by atoms with Gasteiger partial charge < -0.3 is 19.9 Å². The fourth-order valence-electron chi connectivity index (χ4n) is 3.43. The molecule has 0 spiro atoms. The molecule has 2 N–H and O–H groups in total. The van der Waals surface area contributed by atoms with Crippen LogP contribution in [0, 0.1) is 10.1 Å². The molecule has 176 valence electrons. The van der Waals surface area contributed by atoms with Crippen LogP contribution in [-0.4, -0.2) is 49.6 Å². The highest BCUT2D eigenvalue weighted by molar-refractivity contribution is 8.00. The minimum absolute atomic E-state index is 0.114. The lowest BCUT2D eigenvalue weighted by Crippen LogP contribution is -2.68. The summed E-state index contributed by atoms with van der Waals surface area (Å²) in [4.78, 5) is 48.7. The number of ether oxygens (including phenoxy) is 2. The number of nitro benzene ring substituents is 1. The molecule has 2 aromatic carbocycles. The van der Waals surface area contributed by atoms with Crippen molar-refractivity contribution in [3.05, 3.63) is 81.7 Å². The molecule has 2 heterocycles. The standard InChI is InChI=1S/C22H19N3O8S/c1-12(26)23-19-17(27)16(22(29)32-11-13-7-9-14(10-8-13)25(30)31)24-20(28)18(21(24)34-19)33-15-5-3-2-4-6-15/h2-10,18-19,21,27H,11H2,1H3,(H,23,26)/t18?,19?,21-/m1/s1. The van der Waals surface area contributed by atoms with Gasteiger partial charge in [0.05, 0.1) is 4.92 Å². The molecule has 2 amide bonds. The molecular weight excluding hydrogens is 466 g/mol. The van der Waals surface area contributed by atoms with Crippen LogP contribution in [-0.2, 0) is 25.7 Å². The molecule has 1 saturated heterocycles. The molecule has 2 aliphatic heterocycles. The summed E-state index contributed by atoms with van der Waals surface area (Å²) in [6.07, 6.45) is -0.936. The van der Waals surface area contributed by atoms with E-state index in [1.165, 1.54) is 31.2 Å². The van der Waals surface area contributed by atoms with Gasteiger partial charge in [-0.15, -0.1) is 0 Å². The van der Waals surface area contributed by atoms with Crippen LogP contribution in [0.4, 0.5) is 5.69 Å². The van der Waals surface area contributed by atoms with Gasteiger partial charge in [-0.1, -0.05) is 30.0 Å². The zero-order valence-electron chi connectivity index (χ0n) is 17.7. The molecule has 0 saturated carbocycles. The van der Waals surface area contributed by atoms with Gasteiger partial charge >= 0.3 is 5.97 Å². The highest BCUT2D eigenvalue weighted by Crippen LogP contribution is 2.44. The number of aliphatic hydroxyl groups excluding tert-OH is 1. The monoisotopic (exact) mass is 485 g/mol. The molecule has 1 fully saturated rings. The van der Waals surface area contributed by atoms with Crippen molar-refractivity contribution < 1.29 is 33.9 Å². The molecule has 0 bridgehead atoms. The number of nitrogens with one attached hydrogen (secondary N) is 1. The molecule has 0 aromatic heterocycles. The normalized spacial score (nSPS) is 21.3. The summed E-state index contributed by atoms with van der Waals surface area (Å²) < 4.78 is 11.0. The molecular formula is C22H19N3O8S. The van der Waals surface area contributed by atoms with Crippen LogP contribution in [0.2, 0.25) is 0 Å².